The lowest BCUT2D eigenvalue weighted by molar-refractivity contribution is -0.947. The van der Waals surface area contributed by atoms with Crippen molar-refractivity contribution in [2.45, 2.75) is 130 Å². The molecule has 2 unspecified atom stereocenters. The first kappa shape index (κ1) is 32.5. The highest BCUT2D eigenvalue weighted by Gasteiger charge is 2.38. The fourth-order valence-electron chi connectivity index (χ4n) is 5.19. The van der Waals surface area contributed by atoms with Gasteiger partial charge in [0.05, 0.1) is 38.5 Å². The van der Waals surface area contributed by atoms with Crippen LogP contribution in [0.1, 0.15) is 129 Å². The molecule has 1 aromatic heterocycles. The van der Waals surface area contributed by atoms with Crippen LogP contribution in [0.4, 0.5) is 4.79 Å². The van der Waals surface area contributed by atoms with E-state index < -0.39 is 6.16 Å². The van der Waals surface area contributed by atoms with E-state index in [1.54, 1.807) is 0 Å². The number of nitrogens with zero attached hydrogens (tertiary/aromatic N) is 3. The Bertz CT molecular complexity index is 800. The zero-order valence-corrected chi connectivity index (χ0v) is 25.5. The van der Waals surface area contributed by atoms with Gasteiger partial charge in [-0.05, 0) is 12.8 Å². The minimum Gasteiger partial charge on any atom is -0.475 e. The first-order chi connectivity index (χ1) is 18.5. The van der Waals surface area contributed by atoms with Crippen molar-refractivity contribution in [1.82, 2.24) is 8.75 Å². The molecule has 38 heavy (non-hydrogen) atoms. The average molecular weight is 553 g/mol. The van der Waals surface area contributed by atoms with Gasteiger partial charge in [0.1, 0.15) is 12.2 Å². The molecule has 0 N–H and O–H groups in total. The molecule has 7 nitrogen and oxygen atoms in total. The molecule has 1 aliphatic heterocycles. The van der Waals surface area contributed by atoms with Crippen LogP contribution in [0, 0.1) is 0 Å². The second-order valence-corrected chi connectivity index (χ2v) is 11.5. The van der Waals surface area contributed by atoms with E-state index in [4.69, 9.17) is 14.2 Å². The molecule has 0 radical (unpaired) electrons. The third kappa shape index (κ3) is 12.0. The van der Waals surface area contributed by atoms with Crippen LogP contribution in [0.25, 0.3) is 5.57 Å². The normalized spacial score (nSPS) is 18.2. The Labute approximate surface area is 236 Å². The number of carbonyl (C=O) groups is 1. The van der Waals surface area contributed by atoms with E-state index >= 15 is 0 Å². The lowest BCUT2D eigenvalue weighted by Crippen LogP contribution is -2.56. The largest absolute Gasteiger partial charge is 0.512 e. The number of unbranched alkanes of at least 4 members (excludes halogenated alkanes) is 12. The summed E-state index contributed by atoms with van der Waals surface area (Å²) >= 11 is 1.20. The van der Waals surface area contributed by atoms with E-state index in [2.05, 4.69) is 42.6 Å². The molecule has 2 atom stereocenters. The fraction of sp³-hybridized carbons (Fsp3) is 0.833. The highest BCUT2D eigenvalue weighted by atomic mass is 32.1. The molecule has 2 heterocycles. The van der Waals surface area contributed by atoms with Crippen LogP contribution in [-0.2, 0) is 9.47 Å². The zero-order chi connectivity index (χ0) is 27.5. The van der Waals surface area contributed by atoms with Gasteiger partial charge in [0.15, 0.2) is 0 Å². The molecular formula is C30H54N3O4S+. The van der Waals surface area contributed by atoms with E-state index in [0.29, 0.717) is 23.6 Å². The van der Waals surface area contributed by atoms with Gasteiger partial charge in [0.25, 0.3) is 5.88 Å². The summed E-state index contributed by atoms with van der Waals surface area (Å²) in [7, 11) is 2.15. The van der Waals surface area contributed by atoms with Crippen molar-refractivity contribution in [3.63, 3.8) is 0 Å². The number of carbonyl (C=O) groups excluding carboxylic acids is 1. The maximum absolute atomic E-state index is 12.5. The van der Waals surface area contributed by atoms with Crippen LogP contribution in [0.2, 0.25) is 0 Å². The molecule has 0 spiro atoms. The minimum atomic E-state index is -0.547. The molecule has 0 aliphatic carbocycles. The highest BCUT2D eigenvalue weighted by molar-refractivity contribution is 6.99. The Morgan fingerprint density at radius 3 is 2.16 bits per heavy atom. The third-order valence-electron chi connectivity index (χ3n) is 7.56. The van der Waals surface area contributed by atoms with Crippen LogP contribution >= 0.6 is 11.7 Å². The summed E-state index contributed by atoms with van der Waals surface area (Å²) < 4.78 is 26.9. The minimum absolute atomic E-state index is 0.260. The molecule has 0 amide bonds. The van der Waals surface area contributed by atoms with Gasteiger partial charge in [-0.2, -0.15) is 4.37 Å². The standard InChI is InChI=1S/C30H54N3O4S/c1-5-8-10-12-13-14-15-16-17-19-24-36-30(34)37-27(7-3)33(4)22-20-21-26(25-33)28-29(32-38-31-28)35-23-18-11-9-6-2/h21,27H,5-20,22-25H2,1-4H3/q+1. The number of aromatic nitrogens is 2. The Kier molecular flexibility index (Phi) is 16.6. The Hall–Kier alpha value is -1.67. The van der Waals surface area contributed by atoms with E-state index in [0.717, 1.165) is 56.5 Å². The second kappa shape index (κ2) is 19.4. The number of hydrogen-bond acceptors (Lipinski definition) is 7. The Balaban J connectivity index is 1.72. The van der Waals surface area contributed by atoms with Crippen LogP contribution in [0.5, 0.6) is 5.88 Å². The van der Waals surface area contributed by atoms with E-state index in [-0.39, 0.29) is 6.23 Å². The van der Waals surface area contributed by atoms with Crippen molar-refractivity contribution < 1.29 is 23.5 Å². The molecule has 1 aromatic rings. The Morgan fingerprint density at radius 1 is 0.895 bits per heavy atom. The number of ether oxygens (including phenoxy) is 3. The fourth-order valence-corrected chi connectivity index (χ4v) is 5.73. The predicted octanol–water partition coefficient (Wildman–Crippen LogP) is 8.54. The summed E-state index contributed by atoms with van der Waals surface area (Å²) in [5.41, 5.74) is 1.96. The number of rotatable bonds is 21. The molecule has 0 bridgehead atoms. The first-order valence-corrected chi connectivity index (χ1v) is 16.1. The average Bonchev–Trinajstić information content (AvgIpc) is 3.39. The van der Waals surface area contributed by atoms with E-state index in [9.17, 15) is 4.79 Å². The highest BCUT2D eigenvalue weighted by Crippen LogP contribution is 2.32. The summed E-state index contributed by atoms with van der Waals surface area (Å²) in [4.78, 5) is 12.5. The van der Waals surface area contributed by atoms with Crippen LogP contribution in [-0.4, -0.2) is 59.0 Å². The molecule has 0 aromatic carbocycles. The number of quaternary nitrogens is 1. The van der Waals surface area contributed by atoms with Gasteiger partial charge in [0.2, 0.25) is 6.23 Å². The van der Waals surface area contributed by atoms with Crippen molar-refractivity contribution in [3.8, 4) is 5.88 Å². The smallest absolute Gasteiger partial charge is 0.475 e. The summed E-state index contributed by atoms with van der Waals surface area (Å²) in [6, 6.07) is 0. The zero-order valence-electron chi connectivity index (χ0n) is 24.7. The summed E-state index contributed by atoms with van der Waals surface area (Å²) in [5.74, 6) is 0.635. The maximum atomic E-state index is 12.5. The lowest BCUT2D eigenvalue weighted by Gasteiger charge is -2.42. The van der Waals surface area contributed by atoms with Crippen molar-refractivity contribution >= 4 is 23.5 Å². The quantitative estimate of drug-likeness (QED) is 0.0864. The summed E-state index contributed by atoms with van der Waals surface area (Å²) in [6.45, 7) is 9.26. The molecule has 1 aliphatic rings. The van der Waals surface area contributed by atoms with Gasteiger partial charge in [-0.15, -0.1) is 4.37 Å². The molecular weight excluding hydrogens is 498 g/mol. The van der Waals surface area contributed by atoms with Gasteiger partial charge in [-0.25, -0.2) is 4.79 Å². The van der Waals surface area contributed by atoms with Crippen LogP contribution in [0.3, 0.4) is 0 Å². The van der Waals surface area contributed by atoms with Crippen LogP contribution < -0.4 is 4.74 Å². The van der Waals surface area contributed by atoms with Crippen molar-refractivity contribution in [2.24, 2.45) is 0 Å². The molecule has 0 saturated carbocycles. The first-order valence-electron chi connectivity index (χ1n) is 15.4. The predicted molar refractivity (Wildman–Crippen MR) is 156 cm³/mol. The monoisotopic (exact) mass is 552 g/mol. The van der Waals surface area contributed by atoms with Gasteiger partial charge in [-0.1, -0.05) is 104 Å². The van der Waals surface area contributed by atoms with Crippen molar-refractivity contribution in [3.05, 3.63) is 11.8 Å². The SMILES string of the molecule is CCCCCCCCCCCCOC(=O)OC(CC)[N+]1(C)CCC=C(c2nsnc2OCCCCCC)C1. The molecule has 0 fully saturated rings. The molecule has 8 heteroatoms. The van der Waals surface area contributed by atoms with E-state index in [1.807, 2.05) is 0 Å². The number of hydrogen-bond donors (Lipinski definition) is 0. The van der Waals surface area contributed by atoms with Gasteiger partial charge in [-0.3, -0.25) is 4.48 Å². The summed E-state index contributed by atoms with van der Waals surface area (Å²) in [6.07, 6.45) is 20.3. The van der Waals surface area contributed by atoms with Gasteiger partial charge in [0, 0.05) is 18.4 Å². The summed E-state index contributed by atoms with van der Waals surface area (Å²) in [5, 5.41) is 0. The van der Waals surface area contributed by atoms with Crippen LogP contribution in [0.15, 0.2) is 6.08 Å². The van der Waals surface area contributed by atoms with Crippen molar-refractivity contribution in [2.75, 3.05) is 33.4 Å². The topological polar surface area (TPSA) is 70.5 Å². The molecule has 218 valence electrons. The van der Waals surface area contributed by atoms with E-state index in [1.165, 1.54) is 82.4 Å². The van der Waals surface area contributed by atoms with Gasteiger partial charge < -0.3 is 14.2 Å². The maximum Gasteiger partial charge on any atom is 0.512 e. The molecule has 2 rings (SSSR count). The van der Waals surface area contributed by atoms with Crippen molar-refractivity contribution in [1.29, 1.82) is 0 Å². The lowest BCUT2D eigenvalue weighted by atomic mass is 10.0. The Morgan fingerprint density at radius 2 is 1.50 bits per heavy atom. The third-order valence-corrected chi connectivity index (χ3v) is 8.07. The second-order valence-electron chi connectivity index (χ2n) is 11.0. The number of likely N-dealkylation sites (N-methyl/N-ethyl adjacent to an activating group) is 1. The molecule has 0 saturated heterocycles. The van der Waals surface area contributed by atoms with Gasteiger partial charge >= 0.3 is 6.16 Å².